The molecule has 0 radical (unpaired) electrons. The molecule has 2 aliphatic heterocycles. The molecule has 0 saturated carbocycles. The van der Waals surface area contributed by atoms with Gasteiger partial charge in [0.05, 0.1) is 23.8 Å². The van der Waals surface area contributed by atoms with Crippen LogP contribution < -0.4 is 0 Å². The molecule has 43 heavy (non-hydrogen) atoms. The number of likely N-dealkylation sites (tertiary alicyclic amines) is 2. The normalized spacial score (nSPS) is 15.5. The predicted molar refractivity (Wildman–Crippen MR) is 172 cm³/mol. The van der Waals surface area contributed by atoms with Crippen LogP contribution in [0.2, 0.25) is 0 Å². The van der Waals surface area contributed by atoms with Gasteiger partial charge >= 0.3 is 0 Å². The van der Waals surface area contributed by atoms with Crippen LogP contribution in [0, 0.1) is 5.82 Å². The van der Waals surface area contributed by atoms with Gasteiger partial charge in [0.25, 0.3) is 0 Å². The molecular formula is C36H41FN6. The first kappa shape index (κ1) is 29.0. The molecule has 0 amide bonds. The zero-order valence-electron chi connectivity index (χ0n) is 25.3. The van der Waals surface area contributed by atoms with Gasteiger partial charge in [-0.15, -0.1) is 0 Å². The third kappa shape index (κ3) is 6.95. The van der Waals surface area contributed by atoms with Crippen molar-refractivity contribution in [2.45, 2.75) is 38.8 Å². The lowest BCUT2D eigenvalue weighted by Crippen LogP contribution is -2.20. The first-order chi connectivity index (χ1) is 21.0. The van der Waals surface area contributed by atoms with Crippen LogP contribution in [-0.2, 0) is 27.2 Å². The zero-order chi connectivity index (χ0) is 29.6. The molecule has 2 aromatic heterocycles. The molecule has 0 atom stereocenters. The minimum Gasteiger partial charge on any atom is -0.330 e. The van der Waals surface area contributed by atoms with Gasteiger partial charge in [-0.2, -0.15) is 0 Å². The molecule has 2 saturated heterocycles. The summed E-state index contributed by atoms with van der Waals surface area (Å²) in [5.74, 6) is 1.73. The van der Waals surface area contributed by atoms with Gasteiger partial charge in [-0.05, 0) is 87.3 Å². The molecule has 7 rings (SSSR count). The van der Waals surface area contributed by atoms with E-state index in [1.54, 1.807) is 12.1 Å². The van der Waals surface area contributed by atoms with E-state index in [-0.39, 0.29) is 5.82 Å². The Morgan fingerprint density at radius 1 is 0.535 bits per heavy atom. The van der Waals surface area contributed by atoms with Gasteiger partial charge < -0.3 is 9.13 Å². The number of halogens is 1. The number of hydrogen-bond donors (Lipinski definition) is 0. The Balaban J connectivity index is 0.000000157. The Morgan fingerprint density at radius 3 is 1.40 bits per heavy atom. The van der Waals surface area contributed by atoms with Crippen LogP contribution in [0.4, 0.5) is 4.39 Å². The molecule has 222 valence electrons. The lowest BCUT2D eigenvalue weighted by atomic mass is 10.0. The quantitative estimate of drug-likeness (QED) is 0.206. The molecule has 0 bridgehead atoms. The van der Waals surface area contributed by atoms with Crippen molar-refractivity contribution < 1.29 is 4.39 Å². The zero-order valence-corrected chi connectivity index (χ0v) is 25.3. The second-order valence-corrected chi connectivity index (χ2v) is 11.7. The highest BCUT2D eigenvalue weighted by Crippen LogP contribution is 2.25. The van der Waals surface area contributed by atoms with Crippen molar-refractivity contribution in [2.75, 3.05) is 26.2 Å². The van der Waals surface area contributed by atoms with Gasteiger partial charge in [-0.1, -0.05) is 54.6 Å². The predicted octanol–water partition coefficient (Wildman–Crippen LogP) is 7.17. The van der Waals surface area contributed by atoms with E-state index in [1.807, 2.05) is 25.5 Å². The lowest BCUT2D eigenvalue weighted by molar-refractivity contribution is 0.323. The van der Waals surface area contributed by atoms with Gasteiger partial charge in [-0.3, -0.25) is 9.80 Å². The van der Waals surface area contributed by atoms with Crippen LogP contribution in [0.25, 0.3) is 33.9 Å². The molecule has 0 unspecified atom stereocenters. The van der Waals surface area contributed by atoms with E-state index in [0.717, 1.165) is 30.3 Å². The summed E-state index contributed by atoms with van der Waals surface area (Å²) in [5, 5.41) is 0. The fraction of sp³-hybridized carbons (Fsp3) is 0.333. The van der Waals surface area contributed by atoms with E-state index in [0.29, 0.717) is 0 Å². The Hall–Kier alpha value is -4.07. The number of aromatic nitrogens is 4. The van der Waals surface area contributed by atoms with Gasteiger partial charge in [0.15, 0.2) is 0 Å². The highest BCUT2D eigenvalue weighted by molar-refractivity contribution is 5.68. The van der Waals surface area contributed by atoms with Crippen LogP contribution in [-0.4, -0.2) is 55.1 Å². The monoisotopic (exact) mass is 576 g/mol. The van der Waals surface area contributed by atoms with Crippen LogP contribution >= 0.6 is 0 Å². The Bertz CT molecular complexity index is 1590. The largest absolute Gasteiger partial charge is 0.330 e. The van der Waals surface area contributed by atoms with E-state index in [9.17, 15) is 4.39 Å². The lowest BCUT2D eigenvalue weighted by Gasteiger charge is -2.15. The summed E-state index contributed by atoms with van der Waals surface area (Å²) in [4.78, 5) is 14.1. The first-order valence-electron chi connectivity index (χ1n) is 15.4. The van der Waals surface area contributed by atoms with Crippen molar-refractivity contribution in [1.29, 1.82) is 0 Å². The number of rotatable bonds is 7. The summed E-state index contributed by atoms with van der Waals surface area (Å²) in [5.41, 5.74) is 7.12. The molecule has 7 heteroatoms. The highest BCUT2D eigenvalue weighted by atomic mass is 19.1. The minimum atomic E-state index is -0.213. The molecular weight excluding hydrogens is 535 g/mol. The molecule has 5 aromatic rings. The topological polar surface area (TPSA) is 42.1 Å². The van der Waals surface area contributed by atoms with E-state index < -0.39 is 0 Å². The van der Waals surface area contributed by atoms with Crippen molar-refractivity contribution >= 4 is 0 Å². The van der Waals surface area contributed by atoms with Gasteiger partial charge in [0.2, 0.25) is 0 Å². The maximum atomic E-state index is 12.9. The van der Waals surface area contributed by atoms with Crippen LogP contribution in [0.15, 0.2) is 91.3 Å². The Labute approximate surface area is 254 Å². The average Bonchev–Trinajstić information content (AvgIpc) is 3.87. The maximum Gasteiger partial charge on any atom is 0.139 e. The Morgan fingerprint density at radius 2 is 0.930 bits per heavy atom. The number of nitrogens with zero attached hydrogens (tertiary/aromatic N) is 6. The third-order valence-electron chi connectivity index (χ3n) is 8.69. The molecule has 3 aromatic carbocycles. The fourth-order valence-corrected chi connectivity index (χ4v) is 6.10. The van der Waals surface area contributed by atoms with E-state index in [2.05, 4.69) is 84.5 Å². The van der Waals surface area contributed by atoms with Gasteiger partial charge in [0.1, 0.15) is 17.5 Å². The SMILES string of the molecule is Cn1c(CN2CCCC2)cnc1-c1ccc(-c2ccccc2)cc1.Cn1c(CN2CCCC2)cnc1-c1ccc(F)cc1. The molecule has 2 fully saturated rings. The van der Waals surface area contributed by atoms with E-state index in [4.69, 9.17) is 0 Å². The van der Waals surface area contributed by atoms with Crippen molar-refractivity contribution in [1.82, 2.24) is 28.9 Å². The first-order valence-corrected chi connectivity index (χ1v) is 15.4. The highest BCUT2D eigenvalue weighted by Gasteiger charge is 2.17. The Kier molecular flexibility index (Phi) is 9.10. The summed E-state index contributed by atoms with van der Waals surface area (Å²) in [6.07, 6.45) is 9.19. The second kappa shape index (κ2) is 13.5. The van der Waals surface area contributed by atoms with Crippen LogP contribution in [0.5, 0.6) is 0 Å². The summed E-state index contributed by atoms with van der Waals surface area (Å²) in [6, 6.07) is 25.7. The summed E-state index contributed by atoms with van der Waals surface area (Å²) >= 11 is 0. The molecule has 6 nitrogen and oxygen atoms in total. The van der Waals surface area contributed by atoms with Gasteiger partial charge in [-0.25, -0.2) is 14.4 Å². The van der Waals surface area contributed by atoms with Crippen molar-refractivity contribution in [3.63, 3.8) is 0 Å². The molecule has 2 aliphatic rings. The van der Waals surface area contributed by atoms with Crippen molar-refractivity contribution in [2.24, 2.45) is 14.1 Å². The molecule has 0 N–H and O–H groups in total. The smallest absolute Gasteiger partial charge is 0.139 e. The standard InChI is InChI=1S/C21H23N3.C15H18FN3/c1-23-20(16-24-13-5-6-14-24)15-22-21(23)19-11-9-18(10-12-19)17-7-3-2-4-8-17;1-18-14(11-19-8-2-3-9-19)10-17-15(18)12-4-6-13(16)7-5-12/h2-4,7-12,15H,5-6,13-14,16H2,1H3;4-7,10H,2-3,8-9,11H2,1H3. The van der Waals surface area contributed by atoms with E-state index in [1.165, 1.54) is 92.1 Å². The van der Waals surface area contributed by atoms with Crippen molar-refractivity contribution in [3.05, 3.63) is 108 Å². The third-order valence-corrected chi connectivity index (χ3v) is 8.69. The summed E-state index contributed by atoms with van der Waals surface area (Å²) < 4.78 is 17.3. The second-order valence-electron chi connectivity index (χ2n) is 11.7. The molecule has 0 spiro atoms. The molecule has 4 heterocycles. The summed E-state index contributed by atoms with van der Waals surface area (Å²) in [6.45, 7) is 6.74. The molecule has 0 aliphatic carbocycles. The average molecular weight is 577 g/mol. The number of benzene rings is 3. The van der Waals surface area contributed by atoms with Crippen LogP contribution in [0.1, 0.15) is 37.1 Å². The van der Waals surface area contributed by atoms with Crippen LogP contribution in [0.3, 0.4) is 0 Å². The van der Waals surface area contributed by atoms with E-state index >= 15 is 0 Å². The number of imidazole rings is 2. The minimum absolute atomic E-state index is 0.213. The fourth-order valence-electron chi connectivity index (χ4n) is 6.10. The van der Waals surface area contributed by atoms with Crippen molar-refractivity contribution in [3.8, 4) is 33.9 Å². The van der Waals surface area contributed by atoms with Gasteiger partial charge in [0, 0.05) is 38.3 Å². The maximum absolute atomic E-state index is 12.9. The number of hydrogen-bond acceptors (Lipinski definition) is 4. The summed E-state index contributed by atoms with van der Waals surface area (Å²) in [7, 11) is 4.15.